The number of alkyl halides is 2. The van der Waals surface area contributed by atoms with E-state index >= 15 is 0 Å². The summed E-state index contributed by atoms with van der Waals surface area (Å²) in [4.78, 5) is 3.79. The van der Waals surface area contributed by atoms with Crippen LogP contribution in [0.5, 0.6) is 0 Å². The molecule has 1 aromatic rings. The number of rotatable bonds is 1. The number of nitrogens with zero attached hydrogens (tertiary/aromatic N) is 2. The topological polar surface area (TPSA) is 25.8 Å². The maximum absolute atomic E-state index is 5.66. The van der Waals surface area contributed by atoms with Gasteiger partial charge in [-0.25, -0.2) is 4.98 Å². The molecule has 0 unspecified atom stereocenters. The van der Waals surface area contributed by atoms with Crippen LogP contribution in [-0.4, -0.2) is 9.36 Å². The fourth-order valence-electron chi connectivity index (χ4n) is 0.383. The van der Waals surface area contributed by atoms with Crippen LogP contribution in [0.1, 0.15) is 12.7 Å². The van der Waals surface area contributed by atoms with Crippen molar-refractivity contribution < 1.29 is 0 Å². The molecule has 56 valence electrons. The van der Waals surface area contributed by atoms with Crippen LogP contribution in [-0.2, 0) is 4.33 Å². The first-order valence-electron chi connectivity index (χ1n) is 2.37. The molecule has 0 radical (unpaired) electrons. The zero-order valence-corrected chi connectivity index (χ0v) is 8.02. The van der Waals surface area contributed by atoms with E-state index in [4.69, 9.17) is 34.8 Å². The van der Waals surface area contributed by atoms with Gasteiger partial charge in [0.25, 0.3) is 0 Å². The van der Waals surface area contributed by atoms with Crippen LogP contribution in [0.15, 0.2) is 0 Å². The van der Waals surface area contributed by atoms with Crippen molar-refractivity contribution in [2.24, 2.45) is 0 Å². The van der Waals surface area contributed by atoms with Crippen molar-refractivity contribution in [2.45, 2.75) is 11.3 Å². The van der Waals surface area contributed by atoms with Crippen LogP contribution < -0.4 is 0 Å². The minimum atomic E-state index is -1.04. The first-order valence-corrected chi connectivity index (χ1v) is 4.28. The van der Waals surface area contributed by atoms with Gasteiger partial charge in [0.05, 0.1) is 0 Å². The molecule has 1 heterocycles. The molecule has 0 aromatic carbocycles. The summed E-state index contributed by atoms with van der Waals surface area (Å²) in [7, 11) is 0. The highest BCUT2D eigenvalue weighted by atomic mass is 35.5. The molecule has 1 aromatic heterocycles. The summed E-state index contributed by atoms with van der Waals surface area (Å²) in [6, 6.07) is 0. The van der Waals surface area contributed by atoms with E-state index in [2.05, 4.69) is 9.36 Å². The Morgan fingerprint density at radius 2 is 2.10 bits per heavy atom. The maximum Gasteiger partial charge on any atom is 0.203 e. The molecule has 0 aliphatic carbocycles. The van der Waals surface area contributed by atoms with Crippen molar-refractivity contribution in [2.75, 3.05) is 0 Å². The molecule has 0 N–H and O–H groups in total. The lowest BCUT2D eigenvalue weighted by atomic mass is 10.4. The van der Waals surface area contributed by atoms with Gasteiger partial charge in [-0.15, -0.1) is 0 Å². The summed E-state index contributed by atoms with van der Waals surface area (Å²) >= 11 is 17.9. The standard InChI is InChI=1S/C4H3Cl3N2S/c1-4(6,7)2-8-3(5)10-9-2/h1H3. The summed E-state index contributed by atoms with van der Waals surface area (Å²) < 4.78 is 3.13. The summed E-state index contributed by atoms with van der Waals surface area (Å²) in [5.41, 5.74) is 0. The fourth-order valence-corrected chi connectivity index (χ4v) is 1.35. The van der Waals surface area contributed by atoms with Crippen LogP contribution in [0.4, 0.5) is 0 Å². The van der Waals surface area contributed by atoms with Crippen molar-refractivity contribution in [3.63, 3.8) is 0 Å². The van der Waals surface area contributed by atoms with Gasteiger partial charge in [-0.2, -0.15) is 4.37 Å². The largest absolute Gasteiger partial charge is 0.205 e. The van der Waals surface area contributed by atoms with Crippen LogP contribution in [0.2, 0.25) is 4.47 Å². The molecule has 0 saturated heterocycles. The number of hydrogen-bond acceptors (Lipinski definition) is 3. The van der Waals surface area contributed by atoms with E-state index in [9.17, 15) is 0 Å². The van der Waals surface area contributed by atoms with Gasteiger partial charge in [-0.3, -0.25) is 0 Å². The normalized spacial score (nSPS) is 12.0. The Morgan fingerprint density at radius 1 is 1.50 bits per heavy atom. The average Bonchev–Trinajstić information content (AvgIpc) is 2.11. The number of aromatic nitrogens is 2. The number of hydrogen-bond donors (Lipinski definition) is 0. The summed E-state index contributed by atoms with van der Waals surface area (Å²) in [6.07, 6.45) is 0. The van der Waals surface area contributed by atoms with Gasteiger partial charge in [-0.05, 0) is 30.1 Å². The Bertz CT molecular complexity index is 229. The molecule has 2 nitrogen and oxygen atoms in total. The molecule has 0 amide bonds. The zero-order valence-electron chi connectivity index (χ0n) is 4.94. The lowest BCUT2D eigenvalue weighted by Crippen LogP contribution is -2.05. The summed E-state index contributed by atoms with van der Waals surface area (Å²) in [5.74, 6) is 0.353. The van der Waals surface area contributed by atoms with E-state index in [-0.39, 0.29) is 0 Å². The average molecular weight is 218 g/mol. The third-order valence-electron chi connectivity index (χ3n) is 0.794. The molecule has 0 aliphatic rings. The van der Waals surface area contributed by atoms with E-state index < -0.39 is 4.33 Å². The molecule has 0 spiro atoms. The van der Waals surface area contributed by atoms with Crippen molar-refractivity contribution >= 4 is 46.3 Å². The van der Waals surface area contributed by atoms with Gasteiger partial charge in [0.2, 0.25) is 4.47 Å². The van der Waals surface area contributed by atoms with Crippen LogP contribution in [0, 0.1) is 0 Å². The van der Waals surface area contributed by atoms with Crippen molar-refractivity contribution in [1.29, 1.82) is 0 Å². The summed E-state index contributed by atoms with van der Waals surface area (Å²) in [6.45, 7) is 1.59. The van der Waals surface area contributed by atoms with Gasteiger partial charge in [0.15, 0.2) is 10.2 Å². The highest BCUT2D eigenvalue weighted by Crippen LogP contribution is 2.32. The Morgan fingerprint density at radius 3 is 2.30 bits per heavy atom. The molecule has 0 aliphatic heterocycles. The van der Waals surface area contributed by atoms with Gasteiger partial charge in [0, 0.05) is 0 Å². The Balaban J connectivity index is 2.96. The second-order valence-electron chi connectivity index (χ2n) is 1.76. The smallest absolute Gasteiger partial charge is 0.203 e. The second-order valence-corrected chi connectivity index (χ2v) is 4.80. The fraction of sp³-hybridized carbons (Fsp3) is 0.500. The Hall–Kier alpha value is 0.430. The highest BCUT2D eigenvalue weighted by molar-refractivity contribution is 7.10. The minimum absolute atomic E-state index is 0.350. The SMILES string of the molecule is CC(Cl)(Cl)c1nsc(Cl)n1. The van der Waals surface area contributed by atoms with Gasteiger partial charge in [0.1, 0.15) is 0 Å². The van der Waals surface area contributed by atoms with E-state index in [1.807, 2.05) is 0 Å². The van der Waals surface area contributed by atoms with Crippen LogP contribution in [0.25, 0.3) is 0 Å². The molecular weight excluding hydrogens is 214 g/mol. The van der Waals surface area contributed by atoms with E-state index in [0.29, 0.717) is 10.3 Å². The van der Waals surface area contributed by atoms with E-state index in [0.717, 1.165) is 11.5 Å². The van der Waals surface area contributed by atoms with Crippen molar-refractivity contribution in [3.8, 4) is 0 Å². The van der Waals surface area contributed by atoms with Gasteiger partial charge in [-0.1, -0.05) is 23.2 Å². The third kappa shape index (κ3) is 1.95. The molecule has 1 rings (SSSR count). The van der Waals surface area contributed by atoms with Crippen molar-refractivity contribution in [3.05, 3.63) is 10.3 Å². The van der Waals surface area contributed by atoms with Crippen LogP contribution in [0.3, 0.4) is 0 Å². The Labute approximate surface area is 77.3 Å². The van der Waals surface area contributed by atoms with Crippen molar-refractivity contribution in [1.82, 2.24) is 9.36 Å². The maximum atomic E-state index is 5.66. The minimum Gasteiger partial charge on any atom is -0.205 e. The predicted molar refractivity (Wildman–Crippen MR) is 44.0 cm³/mol. The molecule has 0 saturated carbocycles. The predicted octanol–water partition coefficient (Wildman–Crippen LogP) is 2.84. The zero-order chi connectivity index (χ0) is 7.78. The molecular formula is C4H3Cl3N2S. The van der Waals surface area contributed by atoms with Crippen LogP contribution >= 0.6 is 46.3 Å². The van der Waals surface area contributed by atoms with E-state index in [1.165, 1.54) is 0 Å². The summed E-state index contributed by atoms with van der Waals surface area (Å²) in [5, 5.41) is 0. The van der Waals surface area contributed by atoms with Gasteiger partial charge < -0.3 is 0 Å². The molecule has 10 heavy (non-hydrogen) atoms. The lowest BCUT2D eigenvalue weighted by molar-refractivity contribution is 0.881. The molecule has 0 fully saturated rings. The molecule has 0 bridgehead atoms. The lowest BCUT2D eigenvalue weighted by Gasteiger charge is -2.05. The second kappa shape index (κ2) is 2.81. The molecule has 0 atom stereocenters. The monoisotopic (exact) mass is 216 g/mol. The first-order chi connectivity index (χ1) is 4.50. The Kier molecular flexibility index (Phi) is 2.40. The third-order valence-corrected chi connectivity index (χ3v) is 1.93. The number of halogens is 3. The molecule has 6 heteroatoms. The van der Waals surface area contributed by atoms with Gasteiger partial charge >= 0.3 is 0 Å². The first kappa shape index (κ1) is 8.53. The quantitative estimate of drug-likeness (QED) is 0.676. The van der Waals surface area contributed by atoms with E-state index in [1.54, 1.807) is 6.92 Å². The highest BCUT2D eigenvalue weighted by Gasteiger charge is 2.24.